The van der Waals surface area contributed by atoms with Crippen LogP contribution in [-0.4, -0.2) is 18.5 Å². The maximum Gasteiger partial charge on any atom is 0.241 e. The van der Waals surface area contributed by atoms with Crippen LogP contribution < -0.4 is 10.6 Å². The number of aryl methyl sites for hydroxylation is 1. The second-order valence-electron chi connectivity index (χ2n) is 4.15. The Bertz CT molecular complexity index is 370. The van der Waals surface area contributed by atoms with Crippen LogP contribution in [0.15, 0.2) is 24.3 Å². The van der Waals surface area contributed by atoms with Crippen molar-refractivity contribution in [2.75, 3.05) is 11.9 Å². The van der Waals surface area contributed by atoms with E-state index in [1.54, 1.807) is 0 Å². The molecule has 1 amide bonds. The van der Waals surface area contributed by atoms with E-state index < -0.39 is 0 Å². The smallest absolute Gasteiger partial charge is 0.241 e. The maximum atomic E-state index is 11.9. The molecule has 1 heterocycles. The Morgan fingerprint density at radius 1 is 1.50 bits per heavy atom. The summed E-state index contributed by atoms with van der Waals surface area (Å²) in [7, 11) is 0. The fourth-order valence-electron chi connectivity index (χ4n) is 2.08. The molecule has 3 nitrogen and oxygen atoms in total. The molecule has 1 unspecified atom stereocenters. The van der Waals surface area contributed by atoms with Crippen LogP contribution in [0, 0.1) is 0 Å². The normalized spacial score (nSPS) is 19.7. The summed E-state index contributed by atoms with van der Waals surface area (Å²) >= 11 is 0. The van der Waals surface area contributed by atoms with E-state index >= 15 is 0 Å². The first-order valence-electron chi connectivity index (χ1n) is 5.93. The summed E-state index contributed by atoms with van der Waals surface area (Å²) in [6, 6.07) is 7.97. The average Bonchev–Trinajstić information content (AvgIpc) is 2.83. The van der Waals surface area contributed by atoms with Crippen LogP contribution in [0.2, 0.25) is 0 Å². The van der Waals surface area contributed by atoms with Crippen molar-refractivity contribution < 1.29 is 4.79 Å². The van der Waals surface area contributed by atoms with Gasteiger partial charge in [-0.15, -0.1) is 0 Å². The summed E-state index contributed by atoms with van der Waals surface area (Å²) in [5.41, 5.74) is 2.14. The molecule has 1 aromatic rings. The summed E-state index contributed by atoms with van der Waals surface area (Å²) in [4.78, 5) is 11.9. The third kappa shape index (κ3) is 2.42. The molecule has 1 atom stereocenters. The minimum atomic E-state index is -0.00934. The third-order valence-electron chi connectivity index (χ3n) is 3.03. The van der Waals surface area contributed by atoms with Crippen LogP contribution in [0.4, 0.5) is 5.69 Å². The van der Waals surface area contributed by atoms with Crippen molar-refractivity contribution >= 4 is 11.6 Å². The molecule has 16 heavy (non-hydrogen) atoms. The predicted molar refractivity (Wildman–Crippen MR) is 65.5 cm³/mol. The Labute approximate surface area is 96.2 Å². The number of amides is 1. The molecule has 3 heteroatoms. The molecule has 86 valence electrons. The first-order valence-corrected chi connectivity index (χ1v) is 5.93. The highest BCUT2D eigenvalue weighted by molar-refractivity contribution is 5.95. The summed E-state index contributed by atoms with van der Waals surface area (Å²) in [5, 5.41) is 6.20. The molecule has 0 bridgehead atoms. The highest BCUT2D eigenvalue weighted by Gasteiger charge is 2.22. The number of hydrogen-bond acceptors (Lipinski definition) is 2. The lowest BCUT2D eigenvalue weighted by Gasteiger charge is -2.13. The number of nitrogens with one attached hydrogen (secondary N) is 2. The van der Waals surface area contributed by atoms with Gasteiger partial charge in [-0.2, -0.15) is 0 Å². The molecule has 2 N–H and O–H groups in total. The van der Waals surface area contributed by atoms with Gasteiger partial charge >= 0.3 is 0 Å². The molecule has 0 aromatic heterocycles. The monoisotopic (exact) mass is 218 g/mol. The van der Waals surface area contributed by atoms with Gasteiger partial charge in [-0.05, 0) is 37.4 Å². The van der Waals surface area contributed by atoms with E-state index in [9.17, 15) is 4.79 Å². The minimum Gasteiger partial charge on any atom is -0.324 e. The number of para-hydroxylation sites is 1. The molecule has 0 spiro atoms. The molecule has 1 aliphatic rings. The fourth-order valence-corrected chi connectivity index (χ4v) is 2.08. The average molecular weight is 218 g/mol. The molecule has 2 rings (SSSR count). The molecular weight excluding hydrogens is 200 g/mol. The SMILES string of the molecule is CCc1ccccc1NC(=O)C1CCCN1. The van der Waals surface area contributed by atoms with Crippen molar-refractivity contribution in [3.8, 4) is 0 Å². The van der Waals surface area contributed by atoms with Crippen LogP contribution in [0.1, 0.15) is 25.3 Å². The van der Waals surface area contributed by atoms with Crippen LogP contribution in [0.25, 0.3) is 0 Å². The van der Waals surface area contributed by atoms with E-state index in [0.29, 0.717) is 0 Å². The van der Waals surface area contributed by atoms with E-state index in [2.05, 4.69) is 23.6 Å². The quantitative estimate of drug-likeness (QED) is 0.814. The summed E-state index contributed by atoms with van der Waals surface area (Å²) in [6.07, 6.45) is 2.97. The predicted octanol–water partition coefficient (Wildman–Crippen LogP) is 1.94. The van der Waals surface area contributed by atoms with Gasteiger partial charge in [0.05, 0.1) is 6.04 Å². The zero-order valence-corrected chi connectivity index (χ0v) is 9.62. The topological polar surface area (TPSA) is 41.1 Å². The fraction of sp³-hybridized carbons (Fsp3) is 0.462. The summed E-state index contributed by atoms with van der Waals surface area (Å²) in [5.74, 6) is 0.0957. The van der Waals surface area contributed by atoms with E-state index in [-0.39, 0.29) is 11.9 Å². The highest BCUT2D eigenvalue weighted by Crippen LogP contribution is 2.16. The van der Waals surface area contributed by atoms with Crippen molar-refractivity contribution in [2.45, 2.75) is 32.2 Å². The zero-order valence-electron chi connectivity index (χ0n) is 9.62. The second-order valence-corrected chi connectivity index (χ2v) is 4.15. The summed E-state index contributed by atoms with van der Waals surface area (Å²) < 4.78 is 0. The lowest BCUT2D eigenvalue weighted by Crippen LogP contribution is -2.35. The van der Waals surface area contributed by atoms with Gasteiger partial charge in [0, 0.05) is 5.69 Å². The van der Waals surface area contributed by atoms with Gasteiger partial charge in [0.25, 0.3) is 0 Å². The molecule has 1 fully saturated rings. The molecule has 1 aliphatic heterocycles. The van der Waals surface area contributed by atoms with Crippen LogP contribution in [-0.2, 0) is 11.2 Å². The Morgan fingerprint density at radius 2 is 2.31 bits per heavy atom. The molecule has 0 aliphatic carbocycles. The van der Waals surface area contributed by atoms with Gasteiger partial charge < -0.3 is 10.6 Å². The zero-order chi connectivity index (χ0) is 11.4. The Balaban J connectivity index is 2.05. The van der Waals surface area contributed by atoms with Gasteiger partial charge in [-0.25, -0.2) is 0 Å². The van der Waals surface area contributed by atoms with Crippen molar-refractivity contribution in [1.29, 1.82) is 0 Å². The Hall–Kier alpha value is -1.35. The van der Waals surface area contributed by atoms with E-state index in [1.165, 1.54) is 5.56 Å². The first-order chi connectivity index (χ1) is 7.81. The summed E-state index contributed by atoms with van der Waals surface area (Å²) in [6.45, 7) is 3.05. The second kappa shape index (κ2) is 5.12. The molecule has 0 saturated carbocycles. The Morgan fingerprint density at radius 3 is 3.00 bits per heavy atom. The molecular formula is C13H18N2O. The largest absolute Gasteiger partial charge is 0.324 e. The number of benzene rings is 1. The molecule has 0 radical (unpaired) electrons. The lowest BCUT2D eigenvalue weighted by molar-refractivity contribution is -0.117. The Kier molecular flexibility index (Phi) is 3.57. The number of rotatable bonds is 3. The van der Waals surface area contributed by atoms with Crippen LogP contribution in [0.5, 0.6) is 0 Å². The van der Waals surface area contributed by atoms with Crippen molar-refractivity contribution in [3.05, 3.63) is 29.8 Å². The van der Waals surface area contributed by atoms with Gasteiger partial charge in [0.2, 0.25) is 5.91 Å². The molecule has 1 saturated heterocycles. The maximum absolute atomic E-state index is 11.9. The number of carbonyl (C=O) groups is 1. The van der Waals surface area contributed by atoms with Crippen molar-refractivity contribution in [1.82, 2.24) is 5.32 Å². The lowest BCUT2D eigenvalue weighted by atomic mass is 10.1. The first kappa shape index (κ1) is 11.1. The van der Waals surface area contributed by atoms with Crippen LogP contribution in [0.3, 0.4) is 0 Å². The standard InChI is InChI=1S/C13H18N2O/c1-2-10-6-3-4-7-11(10)15-13(16)12-8-5-9-14-12/h3-4,6-7,12,14H,2,5,8-9H2,1H3,(H,15,16). The van der Waals surface area contributed by atoms with Gasteiger partial charge in [-0.3, -0.25) is 4.79 Å². The van der Waals surface area contributed by atoms with Crippen LogP contribution >= 0.6 is 0 Å². The number of anilines is 1. The number of hydrogen-bond donors (Lipinski definition) is 2. The number of carbonyl (C=O) groups excluding carboxylic acids is 1. The third-order valence-corrected chi connectivity index (χ3v) is 3.03. The van der Waals surface area contributed by atoms with Gasteiger partial charge in [0.15, 0.2) is 0 Å². The highest BCUT2D eigenvalue weighted by atomic mass is 16.2. The van der Waals surface area contributed by atoms with E-state index in [4.69, 9.17) is 0 Å². The minimum absolute atomic E-state index is 0.00934. The van der Waals surface area contributed by atoms with E-state index in [0.717, 1.165) is 31.5 Å². The van der Waals surface area contributed by atoms with Crippen molar-refractivity contribution in [3.63, 3.8) is 0 Å². The molecule has 1 aromatic carbocycles. The van der Waals surface area contributed by atoms with Gasteiger partial charge in [0.1, 0.15) is 0 Å². The van der Waals surface area contributed by atoms with Crippen molar-refractivity contribution in [2.24, 2.45) is 0 Å². The van der Waals surface area contributed by atoms with Gasteiger partial charge in [-0.1, -0.05) is 25.1 Å². The van der Waals surface area contributed by atoms with E-state index in [1.807, 2.05) is 18.2 Å².